The first-order valence-corrected chi connectivity index (χ1v) is 9.18. The largest absolute Gasteiger partial charge is 0.505 e. The van der Waals surface area contributed by atoms with Gasteiger partial charge < -0.3 is 5.11 Å². The van der Waals surface area contributed by atoms with Gasteiger partial charge in [0.1, 0.15) is 5.75 Å². The standard InChI is InChI=1S/C23H18ClNO2/c24-17-11-13-18(14-12-17)25-21(15-10-16-6-2-1-3-7-16)22(26)19-8-4-5-9-20(19)23(25)27/h1-9,11-14,26H,10,15H2. The fourth-order valence-electron chi connectivity index (χ4n) is 3.38. The van der Waals surface area contributed by atoms with Crippen molar-refractivity contribution in [2.45, 2.75) is 12.8 Å². The first kappa shape index (κ1) is 17.4. The molecule has 0 aliphatic heterocycles. The average Bonchev–Trinajstić information content (AvgIpc) is 2.71. The van der Waals surface area contributed by atoms with Crippen molar-refractivity contribution in [2.24, 2.45) is 0 Å². The van der Waals surface area contributed by atoms with E-state index in [1.54, 1.807) is 47.0 Å². The summed E-state index contributed by atoms with van der Waals surface area (Å²) in [6, 6.07) is 24.3. The summed E-state index contributed by atoms with van der Waals surface area (Å²) < 4.78 is 1.59. The Morgan fingerprint density at radius 1 is 0.778 bits per heavy atom. The smallest absolute Gasteiger partial charge is 0.263 e. The van der Waals surface area contributed by atoms with Crippen molar-refractivity contribution < 1.29 is 5.11 Å². The SMILES string of the molecule is O=c1c2ccccc2c(O)c(CCc2ccccc2)n1-c1ccc(Cl)cc1. The van der Waals surface area contributed by atoms with Crippen LogP contribution in [0.4, 0.5) is 0 Å². The van der Waals surface area contributed by atoms with Gasteiger partial charge in [-0.2, -0.15) is 0 Å². The molecule has 1 N–H and O–H groups in total. The van der Waals surface area contributed by atoms with Crippen LogP contribution in [0.25, 0.3) is 16.5 Å². The second-order valence-corrected chi connectivity index (χ2v) is 6.88. The van der Waals surface area contributed by atoms with Gasteiger partial charge in [-0.3, -0.25) is 9.36 Å². The molecule has 3 nitrogen and oxygen atoms in total. The Kier molecular flexibility index (Phi) is 4.69. The molecule has 1 heterocycles. The van der Waals surface area contributed by atoms with E-state index in [9.17, 15) is 9.90 Å². The molecule has 0 atom stereocenters. The minimum Gasteiger partial charge on any atom is -0.505 e. The third kappa shape index (κ3) is 3.34. The molecule has 0 saturated heterocycles. The van der Waals surface area contributed by atoms with Gasteiger partial charge in [0.15, 0.2) is 0 Å². The van der Waals surface area contributed by atoms with Gasteiger partial charge >= 0.3 is 0 Å². The van der Waals surface area contributed by atoms with Crippen LogP contribution in [0, 0.1) is 0 Å². The Bertz CT molecular complexity index is 1150. The van der Waals surface area contributed by atoms with Crippen LogP contribution >= 0.6 is 11.6 Å². The molecule has 0 aliphatic rings. The highest BCUT2D eigenvalue weighted by Crippen LogP contribution is 2.29. The number of benzene rings is 3. The van der Waals surface area contributed by atoms with Crippen molar-refractivity contribution in [3.05, 3.63) is 105 Å². The van der Waals surface area contributed by atoms with E-state index in [2.05, 4.69) is 0 Å². The summed E-state index contributed by atoms with van der Waals surface area (Å²) in [6.45, 7) is 0. The predicted octanol–water partition coefficient (Wildman–Crippen LogP) is 5.13. The highest BCUT2D eigenvalue weighted by atomic mass is 35.5. The van der Waals surface area contributed by atoms with Crippen molar-refractivity contribution in [1.29, 1.82) is 0 Å². The number of rotatable bonds is 4. The lowest BCUT2D eigenvalue weighted by molar-refractivity contribution is 0.466. The Labute approximate surface area is 162 Å². The number of aryl methyl sites for hydroxylation is 1. The van der Waals surface area contributed by atoms with E-state index in [0.29, 0.717) is 33.6 Å². The second-order valence-electron chi connectivity index (χ2n) is 6.44. The normalized spacial score (nSPS) is 11.0. The van der Waals surface area contributed by atoms with Crippen LogP contribution < -0.4 is 5.56 Å². The molecule has 27 heavy (non-hydrogen) atoms. The lowest BCUT2D eigenvalue weighted by Gasteiger charge is -2.17. The molecule has 0 amide bonds. The number of aromatic nitrogens is 1. The van der Waals surface area contributed by atoms with Crippen molar-refractivity contribution >= 4 is 22.4 Å². The van der Waals surface area contributed by atoms with E-state index in [-0.39, 0.29) is 11.3 Å². The first-order chi connectivity index (χ1) is 13.1. The number of halogens is 1. The molecule has 3 aromatic carbocycles. The quantitative estimate of drug-likeness (QED) is 0.537. The summed E-state index contributed by atoms with van der Waals surface area (Å²) in [5, 5.41) is 12.6. The third-order valence-electron chi connectivity index (χ3n) is 4.74. The maximum Gasteiger partial charge on any atom is 0.263 e. The van der Waals surface area contributed by atoms with Gasteiger partial charge in [-0.25, -0.2) is 0 Å². The van der Waals surface area contributed by atoms with E-state index in [4.69, 9.17) is 11.6 Å². The van der Waals surface area contributed by atoms with E-state index < -0.39 is 0 Å². The van der Waals surface area contributed by atoms with Gasteiger partial charge in [-0.05, 0) is 48.7 Å². The van der Waals surface area contributed by atoms with E-state index in [0.717, 1.165) is 12.0 Å². The lowest BCUT2D eigenvalue weighted by atomic mass is 10.0. The van der Waals surface area contributed by atoms with Crippen molar-refractivity contribution in [2.75, 3.05) is 0 Å². The Morgan fingerprint density at radius 2 is 1.41 bits per heavy atom. The van der Waals surface area contributed by atoms with Crippen molar-refractivity contribution in [1.82, 2.24) is 4.57 Å². The van der Waals surface area contributed by atoms with Gasteiger partial charge in [0.05, 0.1) is 11.1 Å². The minimum atomic E-state index is -0.145. The van der Waals surface area contributed by atoms with E-state index in [1.807, 2.05) is 36.4 Å². The van der Waals surface area contributed by atoms with Crippen LogP contribution in [0.3, 0.4) is 0 Å². The fraction of sp³-hybridized carbons (Fsp3) is 0.0870. The van der Waals surface area contributed by atoms with Crippen LogP contribution in [-0.4, -0.2) is 9.67 Å². The monoisotopic (exact) mass is 375 g/mol. The van der Waals surface area contributed by atoms with Gasteiger partial charge in [0.25, 0.3) is 5.56 Å². The maximum absolute atomic E-state index is 13.2. The summed E-state index contributed by atoms with van der Waals surface area (Å²) in [7, 11) is 0. The molecule has 1 aromatic heterocycles. The highest BCUT2D eigenvalue weighted by Gasteiger charge is 2.17. The molecule has 0 fully saturated rings. The lowest BCUT2D eigenvalue weighted by Crippen LogP contribution is -2.23. The summed E-state index contributed by atoms with van der Waals surface area (Å²) in [5.74, 6) is 0.149. The molecule has 0 saturated carbocycles. The van der Waals surface area contributed by atoms with Crippen LogP contribution in [0.1, 0.15) is 11.3 Å². The number of hydrogen-bond donors (Lipinski definition) is 1. The topological polar surface area (TPSA) is 42.2 Å². The Hall–Kier alpha value is -3.04. The van der Waals surface area contributed by atoms with Crippen LogP contribution in [0.2, 0.25) is 5.02 Å². The Balaban J connectivity index is 1.91. The number of hydrogen-bond acceptors (Lipinski definition) is 2. The molecular formula is C23H18ClNO2. The number of pyridine rings is 1. The van der Waals surface area contributed by atoms with Gasteiger partial charge in [0.2, 0.25) is 0 Å². The number of nitrogens with zero attached hydrogens (tertiary/aromatic N) is 1. The van der Waals surface area contributed by atoms with E-state index >= 15 is 0 Å². The summed E-state index contributed by atoms with van der Waals surface area (Å²) >= 11 is 6.01. The predicted molar refractivity (Wildman–Crippen MR) is 110 cm³/mol. The third-order valence-corrected chi connectivity index (χ3v) is 4.99. The molecule has 0 spiro atoms. The van der Waals surface area contributed by atoms with Gasteiger partial charge in [-0.1, -0.05) is 60.1 Å². The van der Waals surface area contributed by atoms with Crippen LogP contribution in [0.5, 0.6) is 5.75 Å². The van der Waals surface area contributed by atoms with Gasteiger partial charge in [-0.15, -0.1) is 0 Å². The number of fused-ring (bicyclic) bond motifs is 1. The highest BCUT2D eigenvalue weighted by molar-refractivity contribution is 6.30. The fourth-order valence-corrected chi connectivity index (χ4v) is 3.51. The molecular weight excluding hydrogens is 358 g/mol. The zero-order chi connectivity index (χ0) is 18.8. The molecule has 134 valence electrons. The Morgan fingerprint density at radius 3 is 2.11 bits per heavy atom. The first-order valence-electron chi connectivity index (χ1n) is 8.80. The van der Waals surface area contributed by atoms with E-state index in [1.165, 1.54) is 0 Å². The van der Waals surface area contributed by atoms with Crippen molar-refractivity contribution in [3.8, 4) is 11.4 Å². The van der Waals surface area contributed by atoms with Crippen LogP contribution in [0.15, 0.2) is 83.7 Å². The molecule has 0 unspecified atom stereocenters. The van der Waals surface area contributed by atoms with Crippen LogP contribution in [-0.2, 0) is 12.8 Å². The molecule has 4 heteroatoms. The second kappa shape index (κ2) is 7.29. The number of aromatic hydroxyl groups is 1. The minimum absolute atomic E-state index is 0.145. The van der Waals surface area contributed by atoms with Crippen molar-refractivity contribution in [3.63, 3.8) is 0 Å². The molecule has 0 bridgehead atoms. The maximum atomic E-state index is 13.2. The molecule has 0 radical (unpaired) electrons. The summed E-state index contributed by atoms with van der Waals surface area (Å²) in [4.78, 5) is 13.2. The molecule has 4 rings (SSSR count). The zero-order valence-electron chi connectivity index (χ0n) is 14.6. The average molecular weight is 376 g/mol. The summed E-state index contributed by atoms with van der Waals surface area (Å²) in [5.41, 5.74) is 2.30. The van der Waals surface area contributed by atoms with Gasteiger partial charge in [0, 0.05) is 16.1 Å². The zero-order valence-corrected chi connectivity index (χ0v) is 15.4. The molecule has 4 aromatic rings. The summed E-state index contributed by atoms with van der Waals surface area (Å²) in [6.07, 6.45) is 1.26. The molecule has 0 aliphatic carbocycles.